The van der Waals surface area contributed by atoms with Crippen molar-refractivity contribution in [3.63, 3.8) is 0 Å². The van der Waals surface area contributed by atoms with Gasteiger partial charge in [0.2, 0.25) is 0 Å². The van der Waals surface area contributed by atoms with E-state index in [-0.39, 0.29) is 11.2 Å². The molecule has 0 aromatic heterocycles. The van der Waals surface area contributed by atoms with Crippen molar-refractivity contribution in [1.29, 1.82) is 0 Å². The second-order valence-corrected chi connectivity index (χ2v) is 6.29. The smallest absolute Gasteiger partial charge is 0.139 e. The molecule has 0 bridgehead atoms. The first-order valence-electron chi connectivity index (χ1n) is 7.11. The van der Waals surface area contributed by atoms with Gasteiger partial charge in [-0.1, -0.05) is 5.92 Å². The maximum Gasteiger partial charge on any atom is 0.139 e. The van der Waals surface area contributed by atoms with Gasteiger partial charge in [0.05, 0.1) is 18.8 Å². The quantitative estimate of drug-likeness (QED) is 0.692. The van der Waals surface area contributed by atoms with E-state index < -0.39 is 0 Å². The van der Waals surface area contributed by atoms with Gasteiger partial charge in [-0.05, 0) is 46.0 Å². The zero-order chi connectivity index (χ0) is 13.1. The zero-order valence-corrected chi connectivity index (χ0v) is 12.0. The molecule has 0 spiro atoms. The zero-order valence-electron chi connectivity index (χ0n) is 12.0. The number of hydrogen-bond donors (Lipinski definition) is 1. The minimum absolute atomic E-state index is 0.0203. The van der Waals surface area contributed by atoms with E-state index in [2.05, 4.69) is 32.6 Å². The van der Waals surface area contributed by atoms with Gasteiger partial charge in [0.25, 0.3) is 0 Å². The molecule has 3 nitrogen and oxygen atoms in total. The van der Waals surface area contributed by atoms with Crippen LogP contribution in [0.15, 0.2) is 0 Å². The summed E-state index contributed by atoms with van der Waals surface area (Å²) in [5, 5.41) is 0. The van der Waals surface area contributed by atoms with Crippen LogP contribution in [-0.4, -0.2) is 44.1 Å². The van der Waals surface area contributed by atoms with Gasteiger partial charge in [-0.3, -0.25) is 0 Å². The highest BCUT2D eigenvalue weighted by molar-refractivity contribution is 5.14. The van der Waals surface area contributed by atoms with E-state index in [4.69, 9.17) is 9.47 Å². The van der Waals surface area contributed by atoms with Gasteiger partial charge in [-0.2, -0.15) is 0 Å². The average molecular weight is 252 g/mol. The third-order valence-corrected chi connectivity index (χ3v) is 3.83. The molecule has 2 aliphatic rings. The normalized spacial score (nSPS) is 32.6. The van der Waals surface area contributed by atoms with Crippen molar-refractivity contribution in [3.05, 3.63) is 0 Å². The van der Waals surface area contributed by atoms with Crippen LogP contribution in [0.3, 0.4) is 0 Å². The average Bonchev–Trinajstić information content (AvgIpc) is 2.28. The Labute approximate surface area is 111 Å². The van der Waals surface area contributed by atoms with Crippen molar-refractivity contribution >= 4 is 0 Å². The first kappa shape index (κ1) is 13.9. The molecule has 1 N–H and O–H groups in total. The molecule has 2 rings (SSSR count). The standard InChI is InChI=1S/C15H25NO2/c1-14(2)6-4-7-15(3,18-14)8-5-9-16-10-12-17-13-11-16/h4,6-7,9-13H2,1-3H3/p+1/t15-/m1/s1. The maximum atomic E-state index is 6.14. The first-order chi connectivity index (χ1) is 8.49. The van der Waals surface area contributed by atoms with Crippen molar-refractivity contribution in [2.24, 2.45) is 0 Å². The second-order valence-electron chi connectivity index (χ2n) is 6.29. The van der Waals surface area contributed by atoms with Crippen LogP contribution in [0.2, 0.25) is 0 Å². The van der Waals surface area contributed by atoms with Crippen LogP contribution in [0.1, 0.15) is 40.0 Å². The molecule has 0 aliphatic carbocycles. The Bertz CT molecular complexity index is 336. The maximum absolute atomic E-state index is 6.14. The molecule has 0 unspecified atom stereocenters. The fourth-order valence-electron chi connectivity index (χ4n) is 2.84. The molecule has 0 aromatic carbocycles. The van der Waals surface area contributed by atoms with Crippen molar-refractivity contribution in [2.45, 2.75) is 51.2 Å². The van der Waals surface area contributed by atoms with Gasteiger partial charge in [-0.15, -0.1) is 0 Å². The van der Waals surface area contributed by atoms with Crippen molar-refractivity contribution < 1.29 is 14.4 Å². The van der Waals surface area contributed by atoms with Crippen LogP contribution in [-0.2, 0) is 9.47 Å². The lowest BCUT2D eigenvalue weighted by Crippen LogP contribution is -3.14. The highest BCUT2D eigenvalue weighted by Gasteiger charge is 2.35. The Kier molecular flexibility index (Phi) is 4.32. The topological polar surface area (TPSA) is 22.9 Å². The van der Waals surface area contributed by atoms with E-state index in [0.29, 0.717) is 0 Å². The van der Waals surface area contributed by atoms with Crippen LogP contribution < -0.4 is 4.90 Å². The number of rotatable bonds is 1. The number of nitrogens with one attached hydrogen (secondary N) is 1. The predicted octanol–water partition coefficient (Wildman–Crippen LogP) is 0.643. The fraction of sp³-hybridized carbons (Fsp3) is 0.867. The van der Waals surface area contributed by atoms with E-state index in [1.807, 2.05) is 0 Å². The highest BCUT2D eigenvalue weighted by atomic mass is 16.5. The monoisotopic (exact) mass is 252 g/mol. The largest absolute Gasteiger partial charge is 0.370 e. The molecule has 102 valence electrons. The van der Waals surface area contributed by atoms with Crippen molar-refractivity contribution in [1.82, 2.24) is 0 Å². The molecule has 0 radical (unpaired) electrons. The lowest BCUT2D eigenvalue weighted by atomic mass is 9.88. The molecule has 0 aromatic rings. The molecule has 2 heterocycles. The molecule has 2 aliphatic heterocycles. The van der Waals surface area contributed by atoms with Crippen LogP contribution in [0.25, 0.3) is 0 Å². The Balaban J connectivity index is 1.87. The highest BCUT2D eigenvalue weighted by Crippen LogP contribution is 2.34. The molecule has 2 saturated heterocycles. The van der Waals surface area contributed by atoms with E-state index >= 15 is 0 Å². The molecule has 0 saturated carbocycles. The van der Waals surface area contributed by atoms with Gasteiger partial charge in [0.15, 0.2) is 0 Å². The summed E-state index contributed by atoms with van der Waals surface area (Å²) in [6, 6.07) is 0. The summed E-state index contributed by atoms with van der Waals surface area (Å²) in [4.78, 5) is 1.53. The predicted molar refractivity (Wildman–Crippen MR) is 71.6 cm³/mol. The fourth-order valence-corrected chi connectivity index (χ4v) is 2.84. The second kappa shape index (κ2) is 5.61. The van der Waals surface area contributed by atoms with Crippen LogP contribution in [0.4, 0.5) is 0 Å². The minimum Gasteiger partial charge on any atom is -0.370 e. The van der Waals surface area contributed by atoms with Gasteiger partial charge in [0.1, 0.15) is 25.2 Å². The minimum atomic E-state index is -0.243. The van der Waals surface area contributed by atoms with E-state index in [9.17, 15) is 0 Å². The van der Waals surface area contributed by atoms with Gasteiger partial charge in [0, 0.05) is 0 Å². The molecule has 3 heteroatoms. The van der Waals surface area contributed by atoms with Crippen molar-refractivity contribution in [3.8, 4) is 11.8 Å². The molecular formula is C15H26NO2+. The third-order valence-electron chi connectivity index (χ3n) is 3.83. The molecule has 0 amide bonds. The molecule has 1 atom stereocenters. The molecule has 18 heavy (non-hydrogen) atoms. The number of quaternary nitrogens is 1. The van der Waals surface area contributed by atoms with Gasteiger partial charge >= 0.3 is 0 Å². The Morgan fingerprint density at radius 3 is 2.50 bits per heavy atom. The summed E-state index contributed by atoms with van der Waals surface area (Å²) in [7, 11) is 0. The van der Waals surface area contributed by atoms with E-state index in [1.54, 1.807) is 0 Å². The summed E-state index contributed by atoms with van der Waals surface area (Å²) in [6.07, 6.45) is 3.41. The lowest BCUT2D eigenvalue weighted by molar-refractivity contribution is -0.900. The first-order valence-corrected chi connectivity index (χ1v) is 7.11. The third kappa shape index (κ3) is 3.98. The van der Waals surface area contributed by atoms with E-state index in [1.165, 1.54) is 11.3 Å². The van der Waals surface area contributed by atoms with Gasteiger partial charge < -0.3 is 14.4 Å². The van der Waals surface area contributed by atoms with E-state index in [0.717, 1.165) is 45.7 Å². The Morgan fingerprint density at radius 1 is 1.11 bits per heavy atom. The molecule has 2 fully saturated rings. The van der Waals surface area contributed by atoms with Crippen LogP contribution in [0, 0.1) is 11.8 Å². The number of ether oxygens (including phenoxy) is 2. The Hall–Kier alpha value is -0.560. The lowest BCUT2D eigenvalue weighted by Gasteiger charge is -2.40. The van der Waals surface area contributed by atoms with Crippen LogP contribution >= 0.6 is 0 Å². The summed E-state index contributed by atoms with van der Waals surface area (Å²) >= 11 is 0. The number of morpholine rings is 1. The Morgan fingerprint density at radius 2 is 1.83 bits per heavy atom. The SMILES string of the molecule is CC1(C)CCC[C@](C)(C#CC[NH+]2CCOCC2)O1. The number of hydrogen-bond acceptors (Lipinski definition) is 2. The summed E-state index contributed by atoms with van der Waals surface area (Å²) in [5.41, 5.74) is -0.263. The molecular weight excluding hydrogens is 226 g/mol. The van der Waals surface area contributed by atoms with Gasteiger partial charge in [-0.25, -0.2) is 0 Å². The van der Waals surface area contributed by atoms with Crippen molar-refractivity contribution in [2.75, 3.05) is 32.8 Å². The van der Waals surface area contributed by atoms with Crippen LogP contribution in [0.5, 0.6) is 0 Å². The summed E-state index contributed by atoms with van der Waals surface area (Å²) in [6.45, 7) is 11.3. The summed E-state index contributed by atoms with van der Waals surface area (Å²) < 4.78 is 11.5. The summed E-state index contributed by atoms with van der Waals surface area (Å²) in [5.74, 6) is 6.70.